The molecule has 7 heteroatoms. The molecular formula is C18H28ClN3O2S. The highest BCUT2D eigenvalue weighted by atomic mass is 35.5. The molecule has 1 atom stereocenters. The monoisotopic (exact) mass is 385 g/mol. The maximum Gasteiger partial charge on any atom is 0.271 e. The summed E-state index contributed by atoms with van der Waals surface area (Å²) in [6.07, 6.45) is 1.15. The average molecular weight is 386 g/mol. The summed E-state index contributed by atoms with van der Waals surface area (Å²) in [6, 6.07) is 5.38. The van der Waals surface area contributed by atoms with E-state index in [0.717, 1.165) is 29.4 Å². The molecule has 1 aliphatic rings. The van der Waals surface area contributed by atoms with Gasteiger partial charge in [0.05, 0.1) is 10.6 Å². The van der Waals surface area contributed by atoms with Crippen LogP contribution in [0.1, 0.15) is 39.7 Å². The van der Waals surface area contributed by atoms with Gasteiger partial charge in [-0.3, -0.25) is 10.1 Å². The molecular weight excluding hydrogens is 358 g/mol. The van der Waals surface area contributed by atoms with E-state index in [9.17, 15) is 10.1 Å². The van der Waals surface area contributed by atoms with Crippen LogP contribution in [0.3, 0.4) is 0 Å². The van der Waals surface area contributed by atoms with Crippen LogP contribution in [0, 0.1) is 28.9 Å². The van der Waals surface area contributed by atoms with Crippen molar-refractivity contribution in [3.63, 3.8) is 0 Å². The summed E-state index contributed by atoms with van der Waals surface area (Å²) in [5.74, 6) is 2.23. The number of aliphatic imine (C=N–C) groups is 1. The summed E-state index contributed by atoms with van der Waals surface area (Å²) in [5, 5.41) is 12.0. The fourth-order valence-corrected chi connectivity index (χ4v) is 4.10. The lowest BCUT2D eigenvalue weighted by atomic mass is 10.0. The summed E-state index contributed by atoms with van der Waals surface area (Å²) in [7, 11) is 0. The van der Waals surface area contributed by atoms with Crippen molar-refractivity contribution in [1.82, 2.24) is 4.90 Å². The molecule has 0 aliphatic carbocycles. The van der Waals surface area contributed by atoms with E-state index in [1.165, 1.54) is 6.07 Å². The molecule has 1 fully saturated rings. The second kappa shape index (κ2) is 9.43. The second-order valence-corrected chi connectivity index (χ2v) is 8.25. The Labute approximate surface area is 160 Å². The first-order valence-electron chi connectivity index (χ1n) is 8.51. The van der Waals surface area contributed by atoms with Gasteiger partial charge in [-0.15, -0.1) is 12.4 Å². The Balaban J connectivity index is 0.00000312. The summed E-state index contributed by atoms with van der Waals surface area (Å²) in [5.41, 5.74) is 1.76. The van der Waals surface area contributed by atoms with Crippen molar-refractivity contribution in [2.45, 2.75) is 47.1 Å². The van der Waals surface area contributed by atoms with E-state index in [2.05, 4.69) is 32.6 Å². The molecule has 1 aromatic carbocycles. The van der Waals surface area contributed by atoms with Gasteiger partial charge in [-0.25, -0.2) is 4.99 Å². The molecule has 0 N–H and O–H groups in total. The number of aryl methyl sites for hydroxylation is 1. The molecule has 1 heterocycles. The van der Waals surface area contributed by atoms with Crippen LogP contribution in [0.5, 0.6) is 0 Å². The van der Waals surface area contributed by atoms with E-state index < -0.39 is 0 Å². The summed E-state index contributed by atoms with van der Waals surface area (Å²) < 4.78 is 0. The number of nitro groups is 1. The Morgan fingerprint density at radius 2 is 2.00 bits per heavy atom. The van der Waals surface area contributed by atoms with Gasteiger partial charge in [-0.2, -0.15) is 0 Å². The molecule has 0 saturated carbocycles. The molecule has 0 amide bonds. The van der Waals surface area contributed by atoms with Gasteiger partial charge in [0.25, 0.3) is 5.69 Å². The average Bonchev–Trinajstić information content (AvgIpc) is 2.82. The zero-order chi connectivity index (χ0) is 17.9. The molecule has 1 aliphatic heterocycles. The van der Waals surface area contributed by atoms with Gasteiger partial charge < -0.3 is 4.90 Å². The van der Waals surface area contributed by atoms with Crippen LogP contribution >= 0.6 is 24.2 Å². The lowest BCUT2D eigenvalue weighted by Crippen LogP contribution is -2.37. The highest BCUT2D eigenvalue weighted by molar-refractivity contribution is 8.14. The minimum Gasteiger partial charge on any atom is -0.347 e. The molecule has 2 rings (SSSR count). The number of thioether (sulfide) groups is 1. The van der Waals surface area contributed by atoms with Gasteiger partial charge in [0.2, 0.25) is 0 Å². The maximum absolute atomic E-state index is 11.0. The molecule has 140 valence electrons. The van der Waals surface area contributed by atoms with Crippen molar-refractivity contribution < 1.29 is 4.92 Å². The third-order valence-corrected chi connectivity index (χ3v) is 5.15. The third-order valence-electron chi connectivity index (χ3n) is 4.02. The van der Waals surface area contributed by atoms with Crippen LogP contribution in [0.2, 0.25) is 0 Å². The van der Waals surface area contributed by atoms with E-state index in [1.54, 1.807) is 23.9 Å². The Bertz CT molecular complexity index is 635. The van der Waals surface area contributed by atoms with Gasteiger partial charge in [0, 0.05) is 30.5 Å². The van der Waals surface area contributed by atoms with Gasteiger partial charge >= 0.3 is 0 Å². The lowest BCUT2D eigenvalue weighted by Gasteiger charge is -2.28. The number of hydrogen-bond acceptors (Lipinski definition) is 4. The van der Waals surface area contributed by atoms with E-state index in [0.29, 0.717) is 23.6 Å². The van der Waals surface area contributed by atoms with E-state index >= 15 is 0 Å². The molecule has 1 saturated heterocycles. The van der Waals surface area contributed by atoms with Crippen molar-refractivity contribution in [1.29, 1.82) is 0 Å². The van der Waals surface area contributed by atoms with Crippen molar-refractivity contribution in [2.24, 2.45) is 16.8 Å². The molecule has 25 heavy (non-hydrogen) atoms. The quantitative estimate of drug-likeness (QED) is 0.483. The molecule has 0 radical (unpaired) electrons. The Kier molecular flexibility index (Phi) is 8.22. The predicted molar refractivity (Wildman–Crippen MR) is 109 cm³/mol. The fourth-order valence-electron chi connectivity index (χ4n) is 2.89. The van der Waals surface area contributed by atoms with E-state index in [-0.39, 0.29) is 23.0 Å². The van der Waals surface area contributed by atoms with Crippen LogP contribution in [0.4, 0.5) is 11.4 Å². The normalized spacial score (nSPS) is 18.9. The summed E-state index contributed by atoms with van der Waals surface area (Å²) in [4.78, 5) is 17.9. The molecule has 1 aromatic rings. The molecule has 0 unspecified atom stereocenters. The smallest absolute Gasteiger partial charge is 0.271 e. The second-order valence-electron chi connectivity index (χ2n) is 7.26. The highest BCUT2D eigenvalue weighted by Crippen LogP contribution is 2.33. The predicted octanol–water partition coefficient (Wildman–Crippen LogP) is 5.43. The first-order chi connectivity index (χ1) is 11.3. The lowest BCUT2D eigenvalue weighted by molar-refractivity contribution is -0.384. The fraction of sp³-hybridized carbons (Fsp3) is 0.611. The first-order valence-corrected chi connectivity index (χ1v) is 9.49. The van der Waals surface area contributed by atoms with Gasteiger partial charge in [-0.1, -0.05) is 45.5 Å². The number of nitrogens with zero attached hydrogens (tertiary/aromatic N) is 3. The number of rotatable bonds is 6. The molecule has 5 nitrogen and oxygen atoms in total. The number of amidine groups is 1. The Hall–Kier alpha value is -1.27. The largest absolute Gasteiger partial charge is 0.347 e. The minimum absolute atomic E-state index is 0. The van der Waals surface area contributed by atoms with Gasteiger partial charge in [0.1, 0.15) is 0 Å². The van der Waals surface area contributed by atoms with Crippen molar-refractivity contribution >= 4 is 40.7 Å². The van der Waals surface area contributed by atoms with E-state index in [4.69, 9.17) is 4.99 Å². The van der Waals surface area contributed by atoms with Crippen LogP contribution in [-0.4, -0.2) is 33.3 Å². The third kappa shape index (κ3) is 5.89. The summed E-state index contributed by atoms with van der Waals surface area (Å²) >= 11 is 1.77. The highest BCUT2D eigenvalue weighted by Gasteiger charge is 2.31. The standard InChI is InChI=1S/C18H27N3O2S.ClH/c1-12(2)8-16-11-24-18(20(16)10-13(3)4)19-17-9-15(21(22)23)7-6-14(17)5;/h6-7,9,12-13,16H,8,10-11H2,1-5H3;1H/b19-18+;/t16-;/m1./s1. The van der Waals surface area contributed by atoms with Crippen LogP contribution in [-0.2, 0) is 0 Å². The topological polar surface area (TPSA) is 58.7 Å². The Morgan fingerprint density at radius 1 is 1.32 bits per heavy atom. The van der Waals surface area contributed by atoms with Crippen LogP contribution in [0.15, 0.2) is 23.2 Å². The number of non-ortho nitro benzene ring substituents is 1. The Morgan fingerprint density at radius 3 is 2.56 bits per heavy atom. The summed E-state index contributed by atoms with van der Waals surface area (Å²) in [6.45, 7) is 11.8. The van der Waals surface area contributed by atoms with Crippen LogP contribution in [0.25, 0.3) is 0 Å². The zero-order valence-corrected chi connectivity index (χ0v) is 17.2. The molecule has 0 bridgehead atoms. The number of hydrogen-bond donors (Lipinski definition) is 0. The van der Waals surface area contributed by atoms with Gasteiger partial charge in [0.15, 0.2) is 5.17 Å². The van der Waals surface area contributed by atoms with Crippen molar-refractivity contribution in [2.75, 3.05) is 12.3 Å². The van der Waals surface area contributed by atoms with Crippen molar-refractivity contribution in [3.05, 3.63) is 33.9 Å². The SMILES string of the molecule is Cc1ccc([N+](=O)[O-])cc1/N=C1/SC[C@@H](CC(C)C)N1CC(C)C.Cl. The number of nitro benzene ring substituents is 1. The zero-order valence-electron chi connectivity index (χ0n) is 15.6. The van der Waals surface area contributed by atoms with Crippen LogP contribution < -0.4 is 0 Å². The molecule has 0 spiro atoms. The van der Waals surface area contributed by atoms with E-state index in [1.807, 2.05) is 6.92 Å². The first kappa shape index (κ1) is 21.8. The maximum atomic E-state index is 11.0. The minimum atomic E-state index is -0.363. The van der Waals surface area contributed by atoms with Crippen molar-refractivity contribution in [3.8, 4) is 0 Å². The molecule has 0 aromatic heterocycles. The number of halogens is 1. The van der Waals surface area contributed by atoms with Gasteiger partial charge in [-0.05, 0) is 30.7 Å². The number of benzene rings is 1.